The minimum absolute atomic E-state index is 0.301. The summed E-state index contributed by atoms with van der Waals surface area (Å²) in [4.78, 5) is 0.301. The van der Waals surface area contributed by atoms with Crippen LogP contribution in [-0.4, -0.2) is 26.6 Å². The molecule has 0 saturated heterocycles. The van der Waals surface area contributed by atoms with E-state index in [0.29, 0.717) is 17.3 Å². The smallest absolute Gasteiger partial charge is 0.175 e. The first-order valence-corrected chi connectivity index (χ1v) is 8.54. The zero-order valence-electron chi connectivity index (χ0n) is 9.86. The molecule has 96 valence electrons. The van der Waals surface area contributed by atoms with Crippen LogP contribution in [-0.2, 0) is 9.84 Å². The molecule has 3 nitrogen and oxygen atoms in total. The van der Waals surface area contributed by atoms with Gasteiger partial charge in [-0.05, 0) is 37.5 Å². The molecule has 0 unspecified atom stereocenters. The molecule has 0 spiro atoms. The molecule has 0 amide bonds. The van der Waals surface area contributed by atoms with Crippen molar-refractivity contribution in [3.63, 3.8) is 0 Å². The van der Waals surface area contributed by atoms with Gasteiger partial charge in [-0.15, -0.1) is 0 Å². The van der Waals surface area contributed by atoms with Crippen LogP contribution in [0.4, 0.5) is 0 Å². The highest BCUT2D eigenvalue weighted by molar-refractivity contribution is 9.09. The number of ether oxygens (including phenoxy) is 1. The SMILES string of the molecule is CS(=O)(=O)c1cccc(OCCCCCBr)c1. The lowest BCUT2D eigenvalue weighted by molar-refractivity contribution is 0.306. The van der Waals surface area contributed by atoms with Crippen LogP contribution in [0.1, 0.15) is 19.3 Å². The van der Waals surface area contributed by atoms with Gasteiger partial charge in [0.25, 0.3) is 0 Å². The van der Waals surface area contributed by atoms with E-state index in [-0.39, 0.29) is 0 Å². The lowest BCUT2D eigenvalue weighted by Crippen LogP contribution is -2.00. The molecule has 0 aliphatic rings. The van der Waals surface area contributed by atoms with Gasteiger partial charge in [-0.3, -0.25) is 0 Å². The van der Waals surface area contributed by atoms with E-state index in [2.05, 4.69) is 15.9 Å². The fourth-order valence-corrected chi connectivity index (χ4v) is 2.41. The van der Waals surface area contributed by atoms with E-state index in [4.69, 9.17) is 4.74 Å². The van der Waals surface area contributed by atoms with Crippen molar-refractivity contribution in [1.29, 1.82) is 0 Å². The normalized spacial score (nSPS) is 11.4. The van der Waals surface area contributed by atoms with Crippen molar-refractivity contribution in [3.8, 4) is 5.75 Å². The van der Waals surface area contributed by atoms with Crippen molar-refractivity contribution in [2.45, 2.75) is 24.2 Å². The first-order valence-electron chi connectivity index (χ1n) is 5.53. The van der Waals surface area contributed by atoms with Crippen LogP contribution in [0.2, 0.25) is 0 Å². The fourth-order valence-electron chi connectivity index (χ4n) is 1.36. The molecule has 0 atom stereocenters. The van der Waals surface area contributed by atoms with Crippen LogP contribution < -0.4 is 4.74 Å². The Hall–Kier alpha value is -0.550. The topological polar surface area (TPSA) is 43.4 Å². The molecule has 0 aliphatic carbocycles. The molecule has 0 bridgehead atoms. The average Bonchev–Trinajstić information content (AvgIpc) is 2.28. The second-order valence-electron chi connectivity index (χ2n) is 3.85. The summed E-state index contributed by atoms with van der Waals surface area (Å²) in [5.41, 5.74) is 0. The number of rotatable bonds is 7. The lowest BCUT2D eigenvalue weighted by atomic mass is 10.3. The maximum atomic E-state index is 11.3. The van der Waals surface area contributed by atoms with E-state index in [0.717, 1.165) is 24.6 Å². The number of unbranched alkanes of at least 4 members (excludes halogenated alkanes) is 2. The summed E-state index contributed by atoms with van der Waals surface area (Å²) in [5.74, 6) is 0.617. The monoisotopic (exact) mass is 320 g/mol. The third-order valence-electron chi connectivity index (χ3n) is 2.28. The van der Waals surface area contributed by atoms with Gasteiger partial charge in [0.05, 0.1) is 11.5 Å². The third kappa shape index (κ3) is 5.55. The van der Waals surface area contributed by atoms with E-state index < -0.39 is 9.84 Å². The summed E-state index contributed by atoms with van der Waals surface area (Å²) in [6.07, 6.45) is 4.42. The van der Waals surface area contributed by atoms with Crippen molar-refractivity contribution < 1.29 is 13.2 Å². The van der Waals surface area contributed by atoms with Gasteiger partial charge in [-0.2, -0.15) is 0 Å². The summed E-state index contributed by atoms with van der Waals surface area (Å²) >= 11 is 3.37. The largest absolute Gasteiger partial charge is 0.494 e. The molecule has 17 heavy (non-hydrogen) atoms. The van der Waals surface area contributed by atoms with Crippen molar-refractivity contribution in [3.05, 3.63) is 24.3 Å². The summed E-state index contributed by atoms with van der Waals surface area (Å²) < 4.78 is 28.2. The third-order valence-corrected chi connectivity index (χ3v) is 3.95. The summed E-state index contributed by atoms with van der Waals surface area (Å²) in [5, 5.41) is 1.01. The van der Waals surface area contributed by atoms with Crippen molar-refractivity contribution in [2.75, 3.05) is 18.2 Å². The number of halogens is 1. The highest BCUT2D eigenvalue weighted by Gasteiger charge is 2.07. The van der Waals surface area contributed by atoms with Crippen LogP contribution in [0, 0.1) is 0 Å². The Morgan fingerprint density at radius 3 is 2.65 bits per heavy atom. The number of alkyl halides is 1. The Labute approximate surface area is 111 Å². The fraction of sp³-hybridized carbons (Fsp3) is 0.500. The zero-order valence-corrected chi connectivity index (χ0v) is 12.3. The van der Waals surface area contributed by atoms with Crippen LogP contribution in [0.15, 0.2) is 29.2 Å². The van der Waals surface area contributed by atoms with Gasteiger partial charge < -0.3 is 4.74 Å². The molecule has 0 heterocycles. The highest BCUT2D eigenvalue weighted by Crippen LogP contribution is 2.17. The first kappa shape index (κ1) is 14.5. The van der Waals surface area contributed by atoms with Crippen molar-refractivity contribution in [2.24, 2.45) is 0 Å². The molecule has 0 aliphatic heterocycles. The van der Waals surface area contributed by atoms with Crippen molar-refractivity contribution >= 4 is 25.8 Å². The predicted octanol–water partition coefficient (Wildman–Crippen LogP) is 3.03. The van der Waals surface area contributed by atoms with Gasteiger partial charge in [0.15, 0.2) is 9.84 Å². The number of benzene rings is 1. The van der Waals surface area contributed by atoms with E-state index in [1.54, 1.807) is 24.3 Å². The average molecular weight is 321 g/mol. The van der Waals surface area contributed by atoms with E-state index >= 15 is 0 Å². The van der Waals surface area contributed by atoms with Crippen LogP contribution >= 0.6 is 15.9 Å². The van der Waals surface area contributed by atoms with E-state index in [1.165, 1.54) is 6.26 Å². The summed E-state index contributed by atoms with van der Waals surface area (Å²) in [7, 11) is -3.15. The van der Waals surface area contributed by atoms with Crippen LogP contribution in [0.5, 0.6) is 5.75 Å². The molecule has 1 rings (SSSR count). The molecule has 0 N–H and O–H groups in total. The van der Waals surface area contributed by atoms with Crippen LogP contribution in [0.3, 0.4) is 0 Å². The first-order chi connectivity index (χ1) is 8.04. The van der Waals surface area contributed by atoms with Gasteiger partial charge >= 0.3 is 0 Å². The maximum absolute atomic E-state index is 11.3. The number of hydrogen-bond acceptors (Lipinski definition) is 3. The summed E-state index contributed by atoms with van der Waals surface area (Å²) in [6, 6.07) is 6.62. The Balaban J connectivity index is 2.49. The van der Waals surface area contributed by atoms with Gasteiger partial charge in [-0.25, -0.2) is 8.42 Å². The molecular weight excluding hydrogens is 304 g/mol. The molecule has 0 fully saturated rings. The molecule has 1 aromatic rings. The molecule has 0 radical (unpaired) electrons. The van der Waals surface area contributed by atoms with Gasteiger partial charge in [0, 0.05) is 11.6 Å². The standard InChI is InChI=1S/C12H17BrO3S/c1-17(14,15)12-7-5-6-11(10-12)16-9-4-2-3-8-13/h5-7,10H,2-4,8-9H2,1H3. The Morgan fingerprint density at radius 1 is 1.24 bits per heavy atom. The second-order valence-corrected chi connectivity index (χ2v) is 6.65. The molecular formula is C12H17BrO3S. The number of hydrogen-bond donors (Lipinski definition) is 0. The molecule has 1 aromatic carbocycles. The van der Waals surface area contributed by atoms with Gasteiger partial charge in [-0.1, -0.05) is 22.0 Å². The predicted molar refractivity (Wildman–Crippen MR) is 72.7 cm³/mol. The summed E-state index contributed by atoms with van der Waals surface area (Å²) in [6.45, 7) is 0.625. The van der Waals surface area contributed by atoms with Crippen LogP contribution in [0.25, 0.3) is 0 Å². The zero-order chi connectivity index (χ0) is 12.7. The van der Waals surface area contributed by atoms with Gasteiger partial charge in [0.2, 0.25) is 0 Å². The number of sulfone groups is 1. The minimum atomic E-state index is -3.15. The molecule has 0 saturated carbocycles. The molecule has 0 aromatic heterocycles. The lowest BCUT2D eigenvalue weighted by Gasteiger charge is -2.07. The van der Waals surface area contributed by atoms with Crippen molar-refractivity contribution in [1.82, 2.24) is 0 Å². The Bertz CT molecular complexity index is 443. The minimum Gasteiger partial charge on any atom is -0.494 e. The van der Waals surface area contributed by atoms with E-state index in [1.807, 2.05) is 0 Å². The van der Waals surface area contributed by atoms with Gasteiger partial charge in [0.1, 0.15) is 5.75 Å². The highest BCUT2D eigenvalue weighted by atomic mass is 79.9. The Kier molecular flexibility index (Phi) is 5.98. The molecule has 5 heteroatoms. The maximum Gasteiger partial charge on any atom is 0.175 e. The Morgan fingerprint density at radius 2 is 2.00 bits per heavy atom. The van der Waals surface area contributed by atoms with E-state index in [9.17, 15) is 8.42 Å². The second kappa shape index (κ2) is 7.01. The quantitative estimate of drug-likeness (QED) is 0.573.